The van der Waals surface area contributed by atoms with Gasteiger partial charge in [0.05, 0.1) is 12.2 Å². The maximum atomic E-state index is 12.6. The first-order chi connectivity index (χ1) is 12.1. The van der Waals surface area contributed by atoms with Crippen molar-refractivity contribution in [1.82, 2.24) is 10.9 Å². The first kappa shape index (κ1) is 17.1. The molecule has 2 aromatic rings. The van der Waals surface area contributed by atoms with Crippen molar-refractivity contribution in [3.63, 3.8) is 0 Å². The molecule has 0 bridgehead atoms. The second kappa shape index (κ2) is 7.42. The van der Waals surface area contributed by atoms with E-state index in [-0.39, 0.29) is 25.4 Å². The third-order valence-corrected chi connectivity index (χ3v) is 3.89. The minimum absolute atomic E-state index is 0.120. The van der Waals surface area contributed by atoms with Crippen LogP contribution in [0.25, 0.3) is 0 Å². The summed E-state index contributed by atoms with van der Waals surface area (Å²) >= 11 is 6.08. The number of benzene rings is 2. The van der Waals surface area contributed by atoms with Gasteiger partial charge in [0, 0.05) is 23.6 Å². The first-order valence-electron chi connectivity index (χ1n) is 7.70. The van der Waals surface area contributed by atoms with Gasteiger partial charge in [0.1, 0.15) is 5.75 Å². The number of hydrogen-bond donors (Lipinski definition) is 3. The van der Waals surface area contributed by atoms with Gasteiger partial charge in [-0.15, -0.1) is 0 Å². The summed E-state index contributed by atoms with van der Waals surface area (Å²) in [4.78, 5) is 25.6. The van der Waals surface area contributed by atoms with E-state index in [0.29, 0.717) is 22.2 Å². The normalized spacial score (nSPS) is 12.3. The Kier molecular flexibility index (Phi) is 5.06. The summed E-state index contributed by atoms with van der Waals surface area (Å²) in [5.41, 5.74) is 11.4. The number of ether oxygens (including phenoxy) is 1. The molecule has 8 heteroatoms. The molecule has 0 saturated carbocycles. The quantitative estimate of drug-likeness (QED) is 0.717. The van der Waals surface area contributed by atoms with Crippen LogP contribution in [0.3, 0.4) is 0 Å². The number of nitrogens with two attached hydrogens (primary N) is 1. The lowest BCUT2D eigenvalue weighted by atomic mass is 10.2. The topological polar surface area (TPSA) is 96.7 Å². The fraction of sp³-hybridized carbons (Fsp3) is 0.176. The predicted molar refractivity (Wildman–Crippen MR) is 94.5 cm³/mol. The van der Waals surface area contributed by atoms with Crippen LogP contribution in [-0.2, 0) is 11.3 Å². The van der Waals surface area contributed by atoms with E-state index >= 15 is 0 Å². The fourth-order valence-corrected chi connectivity index (χ4v) is 2.63. The van der Waals surface area contributed by atoms with Gasteiger partial charge in [0.2, 0.25) is 5.91 Å². The van der Waals surface area contributed by atoms with Crippen LogP contribution in [-0.4, -0.2) is 18.5 Å². The molecule has 130 valence electrons. The molecule has 0 aliphatic carbocycles. The molecule has 1 aliphatic heterocycles. The summed E-state index contributed by atoms with van der Waals surface area (Å²) in [5, 5.41) is 0.471. The molecule has 0 radical (unpaired) electrons. The van der Waals surface area contributed by atoms with Crippen LogP contribution >= 0.6 is 11.6 Å². The van der Waals surface area contributed by atoms with Crippen LogP contribution in [0.1, 0.15) is 12.0 Å². The Bertz CT molecular complexity index is 812. The second-order valence-electron chi connectivity index (χ2n) is 5.42. The average molecular weight is 361 g/mol. The number of para-hydroxylation sites is 1. The Hall–Kier alpha value is -2.77. The summed E-state index contributed by atoms with van der Waals surface area (Å²) in [5.74, 6) is 0.792. The van der Waals surface area contributed by atoms with Gasteiger partial charge >= 0.3 is 6.03 Å². The number of rotatable bonds is 2. The SMILES string of the molecule is NCCC(=O)NNC(=O)N1Cc2ccccc2Oc2ccc(Cl)cc21. The van der Waals surface area contributed by atoms with Crippen molar-refractivity contribution < 1.29 is 14.3 Å². The monoisotopic (exact) mass is 360 g/mol. The number of carbonyl (C=O) groups excluding carboxylic acids is 2. The third-order valence-electron chi connectivity index (χ3n) is 3.66. The molecule has 0 atom stereocenters. The lowest BCUT2D eigenvalue weighted by molar-refractivity contribution is -0.121. The zero-order valence-electron chi connectivity index (χ0n) is 13.3. The number of nitrogens with one attached hydrogen (secondary N) is 2. The molecule has 0 saturated heterocycles. The Morgan fingerprint density at radius 3 is 2.76 bits per heavy atom. The molecule has 3 amide bonds. The van der Waals surface area contributed by atoms with Gasteiger partial charge in [-0.05, 0) is 24.3 Å². The largest absolute Gasteiger partial charge is 0.455 e. The highest BCUT2D eigenvalue weighted by atomic mass is 35.5. The number of carbonyl (C=O) groups is 2. The van der Waals surface area contributed by atoms with Gasteiger partial charge in [0.15, 0.2) is 5.75 Å². The highest BCUT2D eigenvalue weighted by molar-refractivity contribution is 6.31. The molecule has 0 aromatic heterocycles. The zero-order valence-corrected chi connectivity index (χ0v) is 14.0. The number of amides is 3. The summed E-state index contributed by atoms with van der Waals surface area (Å²) in [6, 6.07) is 12.0. The van der Waals surface area contributed by atoms with E-state index in [4.69, 9.17) is 22.1 Å². The molecule has 1 heterocycles. The van der Waals surface area contributed by atoms with E-state index in [1.807, 2.05) is 24.3 Å². The molecule has 3 rings (SSSR count). The Morgan fingerprint density at radius 2 is 1.96 bits per heavy atom. The molecule has 25 heavy (non-hydrogen) atoms. The van der Waals surface area contributed by atoms with Gasteiger partial charge in [-0.3, -0.25) is 15.1 Å². The molecule has 1 aliphatic rings. The highest BCUT2D eigenvalue weighted by Crippen LogP contribution is 2.40. The molecule has 0 fully saturated rings. The Labute approximate surface area is 149 Å². The van der Waals surface area contributed by atoms with Gasteiger partial charge < -0.3 is 10.5 Å². The highest BCUT2D eigenvalue weighted by Gasteiger charge is 2.25. The van der Waals surface area contributed by atoms with E-state index in [0.717, 1.165) is 5.56 Å². The van der Waals surface area contributed by atoms with Crippen molar-refractivity contribution in [2.24, 2.45) is 5.73 Å². The molecule has 7 nitrogen and oxygen atoms in total. The van der Waals surface area contributed by atoms with Crippen molar-refractivity contribution in [2.45, 2.75) is 13.0 Å². The van der Waals surface area contributed by atoms with E-state index in [9.17, 15) is 9.59 Å². The van der Waals surface area contributed by atoms with E-state index in [1.54, 1.807) is 18.2 Å². The summed E-state index contributed by atoms with van der Waals surface area (Å²) < 4.78 is 5.92. The number of nitrogens with zero attached hydrogens (tertiary/aromatic N) is 1. The molecular weight excluding hydrogens is 344 g/mol. The van der Waals surface area contributed by atoms with Crippen LogP contribution in [0.5, 0.6) is 11.5 Å². The fourth-order valence-electron chi connectivity index (χ4n) is 2.46. The summed E-state index contributed by atoms with van der Waals surface area (Å²) in [6.07, 6.45) is 0.120. The van der Waals surface area contributed by atoms with Gasteiger partial charge in [0.25, 0.3) is 0 Å². The van der Waals surface area contributed by atoms with Crippen LogP contribution in [0, 0.1) is 0 Å². The van der Waals surface area contributed by atoms with Gasteiger partial charge in [-0.1, -0.05) is 29.8 Å². The molecular formula is C17H17ClN4O3. The Morgan fingerprint density at radius 1 is 1.16 bits per heavy atom. The number of halogens is 1. The number of urea groups is 1. The maximum absolute atomic E-state index is 12.6. The number of anilines is 1. The van der Waals surface area contributed by atoms with Crippen molar-refractivity contribution in [3.8, 4) is 11.5 Å². The van der Waals surface area contributed by atoms with Crippen molar-refractivity contribution >= 4 is 29.2 Å². The summed E-state index contributed by atoms with van der Waals surface area (Å²) in [6.45, 7) is 0.465. The third kappa shape index (κ3) is 3.84. The minimum Gasteiger partial charge on any atom is -0.455 e. The van der Waals surface area contributed by atoms with E-state index in [1.165, 1.54) is 4.90 Å². The minimum atomic E-state index is -0.505. The van der Waals surface area contributed by atoms with E-state index in [2.05, 4.69) is 10.9 Å². The number of hydrogen-bond acceptors (Lipinski definition) is 4. The smallest absolute Gasteiger partial charge is 0.341 e. The van der Waals surface area contributed by atoms with Gasteiger partial charge in [-0.25, -0.2) is 10.2 Å². The summed E-state index contributed by atoms with van der Waals surface area (Å²) in [7, 11) is 0. The number of fused-ring (bicyclic) bond motifs is 2. The second-order valence-corrected chi connectivity index (χ2v) is 5.86. The van der Waals surface area contributed by atoms with Crippen molar-refractivity contribution in [1.29, 1.82) is 0 Å². The molecule has 0 spiro atoms. The number of hydrazine groups is 1. The van der Waals surface area contributed by atoms with Crippen LogP contribution in [0.2, 0.25) is 5.02 Å². The first-order valence-corrected chi connectivity index (χ1v) is 8.08. The van der Waals surface area contributed by atoms with Crippen LogP contribution in [0.15, 0.2) is 42.5 Å². The Balaban J connectivity index is 1.90. The predicted octanol–water partition coefficient (Wildman–Crippen LogP) is 2.54. The zero-order chi connectivity index (χ0) is 17.8. The molecule has 4 N–H and O–H groups in total. The van der Waals surface area contributed by atoms with Crippen LogP contribution < -0.4 is 26.2 Å². The standard InChI is InChI=1S/C17H17ClN4O3/c18-12-5-6-15-13(9-12)22(17(24)21-20-16(23)7-8-19)10-11-3-1-2-4-14(11)25-15/h1-6,9H,7-8,10,19H2,(H,20,23)(H,21,24). The molecule has 2 aromatic carbocycles. The lowest BCUT2D eigenvalue weighted by Crippen LogP contribution is -2.49. The average Bonchev–Trinajstić information content (AvgIpc) is 2.76. The van der Waals surface area contributed by atoms with Crippen LogP contribution in [0.4, 0.5) is 10.5 Å². The molecule has 0 unspecified atom stereocenters. The van der Waals surface area contributed by atoms with Gasteiger partial charge in [-0.2, -0.15) is 0 Å². The van der Waals surface area contributed by atoms with E-state index < -0.39 is 6.03 Å². The van der Waals surface area contributed by atoms with Crippen molar-refractivity contribution in [3.05, 3.63) is 53.1 Å². The lowest BCUT2D eigenvalue weighted by Gasteiger charge is -2.22. The van der Waals surface area contributed by atoms with Crippen molar-refractivity contribution in [2.75, 3.05) is 11.4 Å². The maximum Gasteiger partial charge on any atom is 0.341 e.